The molecule has 0 bridgehead atoms. The van der Waals surface area contributed by atoms with Crippen molar-refractivity contribution in [3.63, 3.8) is 0 Å². The molecule has 0 aliphatic carbocycles. The van der Waals surface area contributed by atoms with Gasteiger partial charge in [-0.1, -0.05) is 44.1 Å². The average molecular weight is 540 g/mol. The van der Waals surface area contributed by atoms with E-state index in [1.807, 2.05) is 87.4 Å². The molecule has 11 heteroatoms. The van der Waals surface area contributed by atoms with Gasteiger partial charge in [0.05, 0.1) is 17.2 Å². The summed E-state index contributed by atoms with van der Waals surface area (Å²) >= 11 is 0. The summed E-state index contributed by atoms with van der Waals surface area (Å²) in [5.41, 5.74) is 0.636. The minimum absolute atomic E-state index is 0.0245. The fourth-order valence-electron chi connectivity index (χ4n) is 4.43. The Labute approximate surface area is 231 Å². The Morgan fingerprint density at radius 3 is 2.28 bits per heavy atom. The van der Waals surface area contributed by atoms with E-state index < -0.39 is 35.9 Å². The monoisotopic (exact) mass is 540 g/mol. The second-order valence-electron chi connectivity index (χ2n) is 13.4. The number of hydrogen-bond acceptors (Lipinski definition) is 8. The molecule has 1 atom stereocenters. The number of benzene rings is 1. The molecule has 0 unspecified atom stereocenters. The van der Waals surface area contributed by atoms with Crippen LogP contribution in [0.4, 0.5) is 4.79 Å². The number of nitrogens with zero attached hydrogens (tertiary/aromatic N) is 3. The van der Waals surface area contributed by atoms with E-state index in [9.17, 15) is 9.59 Å². The zero-order chi connectivity index (χ0) is 29.0. The van der Waals surface area contributed by atoms with Gasteiger partial charge < -0.3 is 28.8 Å². The van der Waals surface area contributed by atoms with Crippen LogP contribution in [0.2, 0.25) is 0 Å². The lowest BCUT2D eigenvalue weighted by Gasteiger charge is -2.32. The van der Waals surface area contributed by atoms with E-state index in [0.717, 1.165) is 16.6 Å². The predicted molar refractivity (Wildman–Crippen MR) is 147 cm³/mol. The van der Waals surface area contributed by atoms with E-state index in [1.165, 1.54) is 0 Å². The molecule has 2 amide bonds. The van der Waals surface area contributed by atoms with Crippen LogP contribution in [0.15, 0.2) is 22.7 Å². The quantitative estimate of drug-likeness (QED) is 0.574. The first-order valence-electron chi connectivity index (χ1n) is 13.5. The largest absolute Gasteiger partial charge is 0.494 e. The zero-order valence-corrected chi connectivity index (χ0v) is 24.8. The molecule has 39 heavy (non-hydrogen) atoms. The lowest BCUT2D eigenvalue weighted by atomic mass is 9.77. The molecular formula is C28H41BN4O6. The van der Waals surface area contributed by atoms with Crippen LogP contribution in [0.1, 0.15) is 109 Å². The minimum atomic E-state index is -0.631. The predicted octanol–water partition coefficient (Wildman–Crippen LogP) is 4.28. The van der Waals surface area contributed by atoms with Crippen LogP contribution in [-0.2, 0) is 26.0 Å². The molecule has 1 aromatic heterocycles. The SMILES string of the molecule is CC(C)(C)OC(=O)N1CC[C@@H](NC(=O)c2noc(C(C)(C)C)n2)c2ccc(B3OC(C)(C)C(C)(C)O3)cc2C1. The van der Waals surface area contributed by atoms with Gasteiger partial charge >= 0.3 is 13.2 Å². The summed E-state index contributed by atoms with van der Waals surface area (Å²) in [6.07, 6.45) is 0.0760. The Kier molecular flexibility index (Phi) is 7.40. The smallest absolute Gasteiger partial charge is 0.444 e. The summed E-state index contributed by atoms with van der Waals surface area (Å²) in [7, 11) is -0.554. The highest BCUT2D eigenvalue weighted by atomic mass is 16.7. The number of aromatic nitrogens is 2. The van der Waals surface area contributed by atoms with Crippen molar-refractivity contribution in [2.24, 2.45) is 0 Å². The molecule has 1 N–H and O–H groups in total. The Balaban J connectivity index is 1.64. The molecule has 10 nitrogen and oxygen atoms in total. The van der Waals surface area contributed by atoms with Gasteiger partial charge in [0.25, 0.3) is 11.7 Å². The van der Waals surface area contributed by atoms with Gasteiger partial charge in [-0.15, -0.1) is 0 Å². The molecule has 4 rings (SSSR count). The minimum Gasteiger partial charge on any atom is -0.444 e. The van der Waals surface area contributed by atoms with Crippen LogP contribution in [0.3, 0.4) is 0 Å². The van der Waals surface area contributed by atoms with E-state index in [4.69, 9.17) is 18.6 Å². The van der Waals surface area contributed by atoms with Crippen LogP contribution >= 0.6 is 0 Å². The average Bonchev–Trinajstić information content (AvgIpc) is 3.31. The van der Waals surface area contributed by atoms with Crippen LogP contribution < -0.4 is 10.8 Å². The van der Waals surface area contributed by atoms with Crippen molar-refractivity contribution in [3.05, 3.63) is 41.0 Å². The van der Waals surface area contributed by atoms with Gasteiger partial charge in [-0.05, 0) is 71.5 Å². The van der Waals surface area contributed by atoms with Crippen molar-refractivity contribution in [2.75, 3.05) is 6.54 Å². The standard InChI is InChI=1S/C28H41BN4O6/c1-25(2,3)23-31-21(32-37-23)22(34)30-20-13-14-33(24(35)36-26(4,5)6)16-17-15-18(11-12-19(17)20)29-38-27(7,8)28(9,10)39-29/h11-12,15,20H,13-14,16H2,1-10H3,(H,30,34)/t20-/m1/s1. The van der Waals surface area contributed by atoms with Gasteiger partial charge in [0.2, 0.25) is 5.89 Å². The van der Waals surface area contributed by atoms with Gasteiger partial charge in [-0.2, -0.15) is 4.98 Å². The molecule has 2 aliphatic heterocycles. The number of rotatable bonds is 3. The Bertz CT molecular complexity index is 1230. The fraction of sp³-hybridized carbons (Fsp3) is 0.643. The summed E-state index contributed by atoms with van der Waals surface area (Å²) in [4.78, 5) is 32.2. The van der Waals surface area contributed by atoms with Gasteiger partial charge in [0.15, 0.2) is 0 Å². The van der Waals surface area contributed by atoms with Crippen molar-refractivity contribution >= 4 is 24.6 Å². The lowest BCUT2D eigenvalue weighted by molar-refractivity contribution is 0.00578. The third kappa shape index (κ3) is 6.30. The fourth-order valence-corrected chi connectivity index (χ4v) is 4.43. The van der Waals surface area contributed by atoms with Crippen molar-refractivity contribution in [2.45, 2.75) is 110 Å². The highest BCUT2D eigenvalue weighted by Gasteiger charge is 2.51. The van der Waals surface area contributed by atoms with E-state index in [0.29, 0.717) is 25.4 Å². The van der Waals surface area contributed by atoms with Crippen LogP contribution in [-0.4, -0.2) is 57.5 Å². The normalized spacial score (nSPS) is 20.8. The number of hydrogen-bond donors (Lipinski definition) is 1. The third-order valence-electron chi connectivity index (χ3n) is 7.34. The molecule has 0 saturated carbocycles. The van der Waals surface area contributed by atoms with E-state index in [2.05, 4.69) is 15.5 Å². The van der Waals surface area contributed by atoms with Crippen LogP contribution in [0, 0.1) is 0 Å². The number of fused-ring (bicyclic) bond motifs is 1. The first kappa shape index (κ1) is 29.1. The van der Waals surface area contributed by atoms with Gasteiger partial charge in [-0.25, -0.2) is 4.79 Å². The molecule has 1 fully saturated rings. The van der Waals surface area contributed by atoms with Crippen molar-refractivity contribution < 1.29 is 28.2 Å². The highest BCUT2D eigenvalue weighted by Crippen LogP contribution is 2.37. The number of amides is 2. The summed E-state index contributed by atoms with van der Waals surface area (Å²) < 4.78 is 23.5. The topological polar surface area (TPSA) is 116 Å². The molecule has 2 aliphatic rings. The second kappa shape index (κ2) is 9.93. The molecule has 2 aromatic rings. The Hall–Kier alpha value is -2.92. The van der Waals surface area contributed by atoms with E-state index in [-0.39, 0.29) is 17.3 Å². The number of ether oxygens (including phenoxy) is 1. The van der Waals surface area contributed by atoms with Crippen LogP contribution in [0.25, 0.3) is 0 Å². The maximum absolute atomic E-state index is 13.2. The molecule has 1 saturated heterocycles. The molecular weight excluding hydrogens is 499 g/mol. The Morgan fingerprint density at radius 1 is 1.08 bits per heavy atom. The maximum Gasteiger partial charge on any atom is 0.494 e. The highest BCUT2D eigenvalue weighted by molar-refractivity contribution is 6.62. The van der Waals surface area contributed by atoms with E-state index >= 15 is 0 Å². The van der Waals surface area contributed by atoms with Crippen molar-refractivity contribution in [1.82, 2.24) is 20.4 Å². The van der Waals surface area contributed by atoms with Gasteiger partial charge in [0.1, 0.15) is 5.60 Å². The molecule has 1 aromatic carbocycles. The summed E-state index contributed by atoms with van der Waals surface area (Å²) in [5.74, 6) is -0.0772. The second-order valence-corrected chi connectivity index (χ2v) is 13.4. The van der Waals surface area contributed by atoms with Crippen molar-refractivity contribution in [1.29, 1.82) is 0 Å². The van der Waals surface area contributed by atoms with Crippen molar-refractivity contribution in [3.8, 4) is 0 Å². The summed E-state index contributed by atoms with van der Waals surface area (Å²) in [6.45, 7) is 20.1. The third-order valence-corrected chi connectivity index (χ3v) is 7.34. The molecule has 0 spiro atoms. The lowest BCUT2D eigenvalue weighted by Crippen LogP contribution is -2.41. The first-order valence-corrected chi connectivity index (χ1v) is 13.5. The van der Waals surface area contributed by atoms with Gasteiger partial charge in [-0.3, -0.25) is 4.79 Å². The number of carbonyl (C=O) groups excluding carboxylic acids is 2. The zero-order valence-electron chi connectivity index (χ0n) is 24.8. The molecule has 0 radical (unpaired) electrons. The number of carbonyl (C=O) groups is 2. The summed E-state index contributed by atoms with van der Waals surface area (Å²) in [5, 5.41) is 6.94. The number of nitrogens with one attached hydrogen (secondary N) is 1. The summed E-state index contributed by atoms with van der Waals surface area (Å²) in [6, 6.07) is 5.53. The van der Waals surface area contributed by atoms with Gasteiger partial charge in [0, 0.05) is 18.5 Å². The van der Waals surface area contributed by atoms with Crippen LogP contribution in [0.5, 0.6) is 0 Å². The molecule has 3 heterocycles. The molecule has 212 valence electrons. The first-order chi connectivity index (χ1) is 17.9. The Morgan fingerprint density at radius 2 is 1.72 bits per heavy atom. The van der Waals surface area contributed by atoms with E-state index in [1.54, 1.807) is 4.90 Å². The maximum atomic E-state index is 13.2.